The first-order chi connectivity index (χ1) is 14.0. The molecule has 1 heterocycles. The highest BCUT2D eigenvalue weighted by molar-refractivity contribution is 8.04. The van der Waals surface area contributed by atoms with Crippen LogP contribution in [0.25, 0.3) is 5.57 Å². The molecule has 0 atom stereocenters. The van der Waals surface area contributed by atoms with E-state index in [-0.39, 0.29) is 18.4 Å². The van der Waals surface area contributed by atoms with Crippen molar-refractivity contribution >= 4 is 29.1 Å². The molecule has 0 aliphatic carbocycles. The van der Waals surface area contributed by atoms with E-state index in [9.17, 15) is 9.59 Å². The van der Waals surface area contributed by atoms with Crippen LogP contribution in [0.4, 0.5) is 0 Å². The Balaban J connectivity index is 1.93. The lowest BCUT2D eigenvalue weighted by atomic mass is 10.1. The van der Waals surface area contributed by atoms with E-state index in [1.54, 1.807) is 57.7 Å². The molecule has 7 heteroatoms. The van der Waals surface area contributed by atoms with E-state index < -0.39 is 0 Å². The summed E-state index contributed by atoms with van der Waals surface area (Å²) in [6.45, 7) is 2.11. The Morgan fingerprint density at radius 3 is 2.14 bits per heavy atom. The van der Waals surface area contributed by atoms with Gasteiger partial charge in [-0.3, -0.25) is 14.5 Å². The number of rotatable bonds is 8. The normalized spacial score (nSPS) is 13.9. The maximum atomic E-state index is 13.2. The first-order valence-corrected chi connectivity index (χ1v) is 10.1. The van der Waals surface area contributed by atoms with Crippen molar-refractivity contribution in [2.24, 2.45) is 0 Å². The number of methoxy groups -OCH3 is 3. The Morgan fingerprint density at radius 2 is 1.55 bits per heavy atom. The zero-order valence-corrected chi connectivity index (χ0v) is 17.7. The Bertz CT molecular complexity index is 952. The van der Waals surface area contributed by atoms with E-state index in [0.717, 1.165) is 5.56 Å². The molecule has 2 aromatic carbocycles. The largest absolute Gasteiger partial charge is 0.497 e. The number of imide groups is 1. The highest BCUT2D eigenvalue weighted by Crippen LogP contribution is 2.37. The zero-order chi connectivity index (χ0) is 21.0. The molecular weight excluding hydrogens is 390 g/mol. The topological polar surface area (TPSA) is 65.1 Å². The molecule has 6 nitrogen and oxygen atoms in total. The van der Waals surface area contributed by atoms with Crippen molar-refractivity contribution in [3.8, 4) is 17.2 Å². The van der Waals surface area contributed by atoms with Crippen LogP contribution in [0.5, 0.6) is 17.2 Å². The summed E-state index contributed by atoms with van der Waals surface area (Å²) in [5, 5.41) is 0. The first-order valence-electron chi connectivity index (χ1n) is 9.12. The van der Waals surface area contributed by atoms with Crippen LogP contribution in [0.1, 0.15) is 18.1 Å². The smallest absolute Gasteiger partial charge is 0.268 e. The summed E-state index contributed by atoms with van der Waals surface area (Å²) in [4.78, 5) is 28.0. The maximum Gasteiger partial charge on any atom is 0.268 e. The van der Waals surface area contributed by atoms with Crippen molar-refractivity contribution in [3.05, 3.63) is 58.5 Å². The quantitative estimate of drug-likeness (QED) is 0.614. The second kappa shape index (κ2) is 9.05. The summed E-state index contributed by atoms with van der Waals surface area (Å²) in [5.74, 6) is 1.95. The number of carbonyl (C=O) groups excluding carboxylic acids is 2. The highest BCUT2D eigenvalue weighted by atomic mass is 32.2. The van der Waals surface area contributed by atoms with Gasteiger partial charge in [0.25, 0.3) is 11.8 Å². The molecule has 0 saturated heterocycles. The molecular formula is C22H23NO5S. The number of ether oxygens (including phenoxy) is 3. The Hall–Kier alpha value is -2.93. The minimum absolute atomic E-state index is 0.158. The van der Waals surface area contributed by atoms with Gasteiger partial charge in [-0.2, -0.15) is 0 Å². The molecule has 1 aliphatic heterocycles. The van der Waals surface area contributed by atoms with Crippen LogP contribution in [0.15, 0.2) is 47.4 Å². The predicted octanol–water partition coefficient (Wildman–Crippen LogP) is 3.75. The van der Waals surface area contributed by atoms with E-state index in [0.29, 0.717) is 39.0 Å². The van der Waals surface area contributed by atoms with Crippen molar-refractivity contribution in [1.29, 1.82) is 0 Å². The average molecular weight is 413 g/mol. The van der Waals surface area contributed by atoms with Gasteiger partial charge >= 0.3 is 0 Å². The third-order valence-corrected chi connectivity index (χ3v) is 5.54. The second-order valence-corrected chi connectivity index (χ2v) is 7.53. The average Bonchev–Trinajstić information content (AvgIpc) is 2.98. The lowest BCUT2D eigenvalue weighted by Gasteiger charge is -2.16. The molecule has 0 radical (unpaired) electrons. The van der Waals surface area contributed by atoms with Gasteiger partial charge in [-0.05, 0) is 41.1 Å². The molecule has 0 unspecified atom stereocenters. The highest BCUT2D eigenvalue weighted by Gasteiger charge is 2.39. The summed E-state index contributed by atoms with van der Waals surface area (Å²) in [5.41, 5.74) is 1.92. The fraction of sp³-hybridized carbons (Fsp3) is 0.273. The Labute approximate surface area is 174 Å². The van der Waals surface area contributed by atoms with E-state index in [2.05, 4.69) is 0 Å². The number of hydrogen-bond acceptors (Lipinski definition) is 6. The third-order valence-electron chi connectivity index (χ3n) is 4.58. The molecule has 0 bridgehead atoms. The standard InChI is InChI=1S/C22H23NO5S/c1-5-29-20-19(15-7-9-16(26-2)10-8-15)21(24)23(22(20)25)13-14-6-11-17(27-3)18(12-14)28-4/h6-12H,5,13H2,1-4H3. The molecule has 0 N–H and O–H groups in total. The SMILES string of the molecule is CCSC1=C(c2ccc(OC)cc2)C(=O)N(Cc2ccc(OC)c(OC)c2)C1=O. The van der Waals surface area contributed by atoms with Crippen molar-refractivity contribution in [2.75, 3.05) is 27.1 Å². The van der Waals surface area contributed by atoms with Crippen LogP contribution < -0.4 is 14.2 Å². The summed E-state index contributed by atoms with van der Waals surface area (Å²) < 4.78 is 15.8. The lowest BCUT2D eigenvalue weighted by molar-refractivity contribution is -0.137. The van der Waals surface area contributed by atoms with Gasteiger partial charge in [-0.15, -0.1) is 11.8 Å². The summed E-state index contributed by atoms with van der Waals surface area (Å²) in [7, 11) is 4.69. The zero-order valence-electron chi connectivity index (χ0n) is 16.9. The number of thioether (sulfide) groups is 1. The molecule has 2 amide bonds. The Morgan fingerprint density at radius 1 is 0.862 bits per heavy atom. The second-order valence-electron chi connectivity index (χ2n) is 6.25. The fourth-order valence-corrected chi connectivity index (χ4v) is 4.02. The molecule has 0 aromatic heterocycles. The maximum absolute atomic E-state index is 13.2. The van der Waals surface area contributed by atoms with Crippen LogP contribution >= 0.6 is 11.8 Å². The van der Waals surface area contributed by atoms with E-state index >= 15 is 0 Å². The van der Waals surface area contributed by atoms with Gasteiger partial charge in [0, 0.05) is 0 Å². The van der Waals surface area contributed by atoms with Crippen molar-refractivity contribution in [3.63, 3.8) is 0 Å². The van der Waals surface area contributed by atoms with E-state index in [4.69, 9.17) is 14.2 Å². The monoisotopic (exact) mass is 413 g/mol. The molecule has 0 saturated carbocycles. The summed E-state index contributed by atoms with van der Waals surface area (Å²) >= 11 is 1.38. The number of amides is 2. The minimum Gasteiger partial charge on any atom is -0.497 e. The van der Waals surface area contributed by atoms with Crippen LogP contribution in [-0.2, 0) is 16.1 Å². The van der Waals surface area contributed by atoms with Crippen LogP contribution in [-0.4, -0.2) is 43.8 Å². The Kier molecular flexibility index (Phi) is 6.49. The number of hydrogen-bond donors (Lipinski definition) is 0. The molecule has 1 aliphatic rings. The minimum atomic E-state index is -0.300. The predicted molar refractivity (Wildman–Crippen MR) is 113 cm³/mol. The lowest BCUT2D eigenvalue weighted by Crippen LogP contribution is -2.31. The number of nitrogens with zero attached hydrogens (tertiary/aromatic N) is 1. The first kappa shape index (κ1) is 20.8. The molecule has 0 fully saturated rings. The molecule has 152 valence electrons. The summed E-state index contributed by atoms with van der Waals surface area (Å²) in [6.07, 6.45) is 0. The van der Waals surface area contributed by atoms with Gasteiger partial charge in [0.1, 0.15) is 5.75 Å². The van der Waals surface area contributed by atoms with Crippen LogP contribution in [0, 0.1) is 0 Å². The van der Waals surface area contributed by atoms with Crippen LogP contribution in [0.3, 0.4) is 0 Å². The summed E-state index contributed by atoms with van der Waals surface area (Å²) in [6, 6.07) is 12.5. The van der Waals surface area contributed by atoms with Gasteiger partial charge in [0.05, 0.1) is 38.4 Å². The van der Waals surface area contributed by atoms with Crippen LogP contribution in [0.2, 0.25) is 0 Å². The number of carbonyl (C=O) groups is 2. The van der Waals surface area contributed by atoms with Gasteiger partial charge in [-0.1, -0.05) is 25.1 Å². The van der Waals surface area contributed by atoms with Crippen molar-refractivity contribution < 1.29 is 23.8 Å². The van der Waals surface area contributed by atoms with Gasteiger partial charge < -0.3 is 14.2 Å². The van der Waals surface area contributed by atoms with E-state index in [1.165, 1.54) is 16.7 Å². The van der Waals surface area contributed by atoms with Crippen molar-refractivity contribution in [2.45, 2.75) is 13.5 Å². The fourth-order valence-electron chi connectivity index (χ4n) is 3.15. The van der Waals surface area contributed by atoms with Gasteiger partial charge in [-0.25, -0.2) is 0 Å². The third kappa shape index (κ3) is 4.10. The van der Waals surface area contributed by atoms with E-state index in [1.807, 2.05) is 13.0 Å². The van der Waals surface area contributed by atoms with Crippen molar-refractivity contribution in [1.82, 2.24) is 4.90 Å². The van der Waals surface area contributed by atoms with Gasteiger partial charge in [0.15, 0.2) is 11.5 Å². The molecule has 29 heavy (non-hydrogen) atoms. The number of benzene rings is 2. The van der Waals surface area contributed by atoms with Gasteiger partial charge in [0.2, 0.25) is 0 Å². The molecule has 2 aromatic rings. The molecule has 0 spiro atoms. The molecule has 3 rings (SSSR count).